The van der Waals surface area contributed by atoms with Crippen LogP contribution in [0.25, 0.3) is 0 Å². The van der Waals surface area contributed by atoms with Crippen LogP contribution in [0.2, 0.25) is 0 Å². The highest BCUT2D eigenvalue weighted by molar-refractivity contribution is 7.89. The highest BCUT2D eigenvalue weighted by Gasteiger charge is 2.17. The first-order valence-electron chi connectivity index (χ1n) is 5.94. The maximum Gasteiger partial charge on any atom is 0.158 e. The van der Waals surface area contributed by atoms with Gasteiger partial charge in [0.25, 0.3) is 0 Å². The number of sulfone groups is 1. The molecule has 0 aliphatic carbocycles. The van der Waals surface area contributed by atoms with E-state index in [9.17, 15) is 12.8 Å². The molecule has 0 aliphatic rings. The van der Waals surface area contributed by atoms with Crippen molar-refractivity contribution in [1.82, 2.24) is 0 Å². The second-order valence-electron chi connectivity index (χ2n) is 4.39. The van der Waals surface area contributed by atoms with Crippen LogP contribution in [-0.2, 0) is 21.3 Å². The summed E-state index contributed by atoms with van der Waals surface area (Å²) in [5, 5.41) is 8.94. The number of hydrogen-bond donors (Lipinski definition) is 0. The molecule has 102 valence electrons. The van der Waals surface area contributed by atoms with E-state index >= 15 is 0 Å². The van der Waals surface area contributed by atoms with Crippen molar-refractivity contribution in [1.29, 1.82) is 5.26 Å². The lowest BCUT2D eigenvalue weighted by atomic mass is 10.1. The normalized spacial score (nSPS) is 11.0. The summed E-state index contributed by atoms with van der Waals surface area (Å²) in [6, 6.07) is 14.2. The summed E-state index contributed by atoms with van der Waals surface area (Å²) in [6.07, 6.45) is 0. The highest BCUT2D eigenvalue weighted by Crippen LogP contribution is 2.17. The van der Waals surface area contributed by atoms with Crippen LogP contribution >= 0.6 is 0 Å². The van der Waals surface area contributed by atoms with Crippen molar-refractivity contribution in [2.45, 2.75) is 11.5 Å². The monoisotopic (exact) mass is 289 g/mol. The van der Waals surface area contributed by atoms with Gasteiger partial charge >= 0.3 is 0 Å². The lowest BCUT2D eigenvalue weighted by Crippen LogP contribution is -2.09. The van der Waals surface area contributed by atoms with Crippen molar-refractivity contribution in [3.05, 3.63) is 71.0 Å². The molecule has 2 aromatic carbocycles. The van der Waals surface area contributed by atoms with Crippen LogP contribution < -0.4 is 0 Å². The van der Waals surface area contributed by atoms with Crippen LogP contribution in [0.4, 0.5) is 4.39 Å². The number of rotatable bonds is 4. The van der Waals surface area contributed by atoms with E-state index in [2.05, 4.69) is 0 Å². The molecule has 2 rings (SSSR count). The van der Waals surface area contributed by atoms with Crippen molar-refractivity contribution in [3.63, 3.8) is 0 Å². The third-order valence-corrected chi connectivity index (χ3v) is 4.35. The fourth-order valence-electron chi connectivity index (χ4n) is 1.90. The van der Waals surface area contributed by atoms with Gasteiger partial charge in [-0.3, -0.25) is 0 Å². The molecule has 0 N–H and O–H groups in total. The van der Waals surface area contributed by atoms with Gasteiger partial charge in [0.1, 0.15) is 5.82 Å². The van der Waals surface area contributed by atoms with Crippen LogP contribution in [0, 0.1) is 17.1 Å². The van der Waals surface area contributed by atoms with E-state index < -0.39 is 15.7 Å². The van der Waals surface area contributed by atoms with Gasteiger partial charge in [0, 0.05) is 5.56 Å². The quantitative estimate of drug-likeness (QED) is 0.869. The first kappa shape index (κ1) is 14.2. The Morgan fingerprint density at radius 1 is 0.950 bits per heavy atom. The minimum atomic E-state index is -3.53. The van der Waals surface area contributed by atoms with Crippen LogP contribution in [-0.4, -0.2) is 8.42 Å². The summed E-state index contributed by atoms with van der Waals surface area (Å²) in [5.41, 5.74) is 0.901. The second-order valence-corrected chi connectivity index (χ2v) is 6.46. The summed E-state index contributed by atoms with van der Waals surface area (Å²) >= 11 is 0. The molecule has 20 heavy (non-hydrogen) atoms. The van der Waals surface area contributed by atoms with Crippen molar-refractivity contribution < 1.29 is 12.8 Å². The Kier molecular flexibility index (Phi) is 4.16. The topological polar surface area (TPSA) is 57.9 Å². The Morgan fingerprint density at radius 3 is 2.15 bits per heavy atom. The molecule has 0 fully saturated rings. The Hall–Kier alpha value is -2.19. The van der Waals surface area contributed by atoms with Gasteiger partial charge in [-0.25, -0.2) is 12.8 Å². The van der Waals surface area contributed by atoms with Gasteiger partial charge in [-0.05, 0) is 17.7 Å². The smallest absolute Gasteiger partial charge is 0.158 e. The lowest BCUT2D eigenvalue weighted by Gasteiger charge is -2.07. The average Bonchev–Trinajstić information content (AvgIpc) is 2.41. The number of hydrogen-bond acceptors (Lipinski definition) is 3. The number of halogens is 1. The lowest BCUT2D eigenvalue weighted by molar-refractivity contribution is 0.586. The van der Waals surface area contributed by atoms with Crippen LogP contribution in [0.15, 0.2) is 48.5 Å². The van der Waals surface area contributed by atoms with Crippen molar-refractivity contribution in [3.8, 4) is 6.07 Å². The minimum Gasteiger partial charge on any atom is -0.228 e. The van der Waals surface area contributed by atoms with Gasteiger partial charge in [0.2, 0.25) is 0 Å². The molecular weight excluding hydrogens is 277 g/mol. The van der Waals surface area contributed by atoms with E-state index in [1.807, 2.05) is 6.07 Å². The van der Waals surface area contributed by atoms with E-state index in [1.54, 1.807) is 30.3 Å². The fraction of sp³-hybridized carbons (Fsp3) is 0.133. The van der Waals surface area contributed by atoms with E-state index in [-0.39, 0.29) is 17.1 Å². The van der Waals surface area contributed by atoms with Crippen LogP contribution in [0.1, 0.15) is 16.7 Å². The third-order valence-electron chi connectivity index (χ3n) is 2.85. The molecule has 0 unspecified atom stereocenters. The zero-order chi connectivity index (χ0) is 14.6. The first-order chi connectivity index (χ1) is 9.52. The fourth-order valence-corrected chi connectivity index (χ4v) is 3.43. The second kappa shape index (κ2) is 5.85. The zero-order valence-electron chi connectivity index (χ0n) is 10.6. The Bertz CT molecular complexity index is 763. The number of benzene rings is 2. The van der Waals surface area contributed by atoms with E-state index in [4.69, 9.17) is 5.26 Å². The molecule has 0 saturated heterocycles. The maximum atomic E-state index is 13.5. The molecule has 5 heteroatoms. The molecule has 3 nitrogen and oxygen atoms in total. The van der Waals surface area contributed by atoms with Gasteiger partial charge in [-0.1, -0.05) is 36.4 Å². The van der Waals surface area contributed by atoms with E-state index in [1.165, 1.54) is 18.2 Å². The van der Waals surface area contributed by atoms with Crippen LogP contribution in [0.3, 0.4) is 0 Å². The maximum absolute atomic E-state index is 13.5. The predicted molar refractivity (Wildman–Crippen MR) is 73.9 cm³/mol. The summed E-state index contributed by atoms with van der Waals surface area (Å²) in [7, 11) is -3.53. The van der Waals surface area contributed by atoms with Gasteiger partial charge in [-0.2, -0.15) is 5.26 Å². The zero-order valence-corrected chi connectivity index (χ0v) is 11.4. The molecular formula is C15H12FNO2S. The first-order valence-corrected chi connectivity index (χ1v) is 7.76. The molecule has 2 aromatic rings. The van der Waals surface area contributed by atoms with Crippen molar-refractivity contribution >= 4 is 9.84 Å². The molecule has 0 aromatic heterocycles. The van der Waals surface area contributed by atoms with E-state index in [0.29, 0.717) is 11.1 Å². The summed E-state index contributed by atoms with van der Waals surface area (Å²) in [5.74, 6) is -1.19. The van der Waals surface area contributed by atoms with E-state index in [0.717, 1.165) is 0 Å². The summed E-state index contributed by atoms with van der Waals surface area (Å²) in [6.45, 7) is 0. The highest BCUT2D eigenvalue weighted by atomic mass is 32.2. The largest absolute Gasteiger partial charge is 0.228 e. The van der Waals surface area contributed by atoms with Crippen LogP contribution in [0.5, 0.6) is 0 Å². The molecule has 0 aliphatic heterocycles. The SMILES string of the molecule is N#Cc1ccccc1CS(=O)(=O)Cc1ccccc1F. The molecule has 0 bridgehead atoms. The Labute approximate surface area is 117 Å². The van der Waals surface area contributed by atoms with Crippen molar-refractivity contribution in [2.75, 3.05) is 0 Å². The summed E-state index contributed by atoms with van der Waals surface area (Å²) < 4.78 is 37.7. The Morgan fingerprint density at radius 2 is 1.50 bits per heavy atom. The molecule has 0 amide bonds. The standard InChI is InChI=1S/C15H12FNO2S/c16-15-8-4-3-7-14(15)11-20(18,19)10-13-6-2-1-5-12(13)9-17/h1-8H,10-11H2. The van der Waals surface area contributed by atoms with Gasteiger partial charge in [0.05, 0.1) is 23.1 Å². The molecule has 0 radical (unpaired) electrons. The Balaban J connectivity index is 2.25. The molecule has 0 heterocycles. The summed E-state index contributed by atoms with van der Waals surface area (Å²) in [4.78, 5) is 0. The average molecular weight is 289 g/mol. The minimum absolute atomic E-state index is 0.141. The number of nitriles is 1. The van der Waals surface area contributed by atoms with Gasteiger partial charge < -0.3 is 0 Å². The molecule has 0 spiro atoms. The molecule has 0 atom stereocenters. The third kappa shape index (κ3) is 3.43. The van der Waals surface area contributed by atoms with Gasteiger partial charge in [0.15, 0.2) is 9.84 Å². The molecule has 0 saturated carbocycles. The van der Waals surface area contributed by atoms with Crippen molar-refractivity contribution in [2.24, 2.45) is 0 Å². The number of nitrogens with zero attached hydrogens (tertiary/aromatic N) is 1. The van der Waals surface area contributed by atoms with Gasteiger partial charge in [-0.15, -0.1) is 0 Å². The predicted octanol–water partition coefficient (Wildman–Crippen LogP) is 2.81.